The van der Waals surface area contributed by atoms with Crippen molar-refractivity contribution in [3.8, 4) is 0 Å². The van der Waals surface area contributed by atoms with Crippen LogP contribution in [0.1, 0.15) is 17.3 Å². The van der Waals surface area contributed by atoms with Gasteiger partial charge in [-0.3, -0.25) is 19.7 Å². The van der Waals surface area contributed by atoms with E-state index in [0.29, 0.717) is 0 Å². The zero-order valence-electron chi connectivity index (χ0n) is 9.94. The van der Waals surface area contributed by atoms with Crippen LogP contribution in [0.4, 0.5) is 4.39 Å². The van der Waals surface area contributed by atoms with Crippen molar-refractivity contribution < 1.29 is 18.8 Å². The quantitative estimate of drug-likeness (QED) is 0.781. The fourth-order valence-electron chi connectivity index (χ4n) is 1.78. The average Bonchev–Trinajstić information content (AvgIpc) is 2.36. The van der Waals surface area contributed by atoms with Crippen LogP contribution in [0.25, 0.3) is 0 Å². The van der Waals surface area contributed by atoms with Crippen molar-refractivity contribution in [2.24, 2.45) is 0 Å². The summed E-state index contributed by atoms with van der Waals surface area (Å²) in [6.07, 6.45) is 0. The number of rotatable bonds is 1. The zero-order chi connectivity index (χ0) is 14.2. The summed E-state index contributed by atoms with van der Waals surface area (Å²) in [4.78, 5) is 35.9. The van der Waals surface area contributed by atoms with Crippen molar-refractivity contribution >= 4 is 29.3 Å². The predicted octanol–water partition coefficient (Wildman–Crippen LogP) is 0.966. The Kier molecular flexibility index (Phi) is 3.53. The summed E-state index contributed by atoms with van der Waals surface area (Å²) in [5.74, 6) is -2.68. The maximum Gasteiger partial charge on any atom is 0.258 e. The molecule has 0 bridgehead atoms. The smallest absolute Gasteiger partial charge is 0.258 e. The second kappa shape index (κ2) is 4.97. The standard InChI is InChI=1S/C12H10ClFN2O3/c1-6-11(18)15-10(17)5-16(6)12(19)8-4-7(13)2-3-9(8)14/h2-4,6H,5H2,1H3,(H,15,17,18). The van der Waals surface area contributed by atoms with E-state index in [1.54, 1.807) is 0 Å². The lowest BCUT2D eigenvalue weighted by Crippen LogP contribution is -2.58. The molecular weight excluding hydrogens is 275 g/mol. The number of halogens is 2. The maximum absolute atomic E-state index is 13.6. The number of hydrogen-bond acceptors (Lipinski definition) is 3. The summed E-state index contributed by atoms with van der Waals surface area (Å²) in [6, 6.07) is 2.70. The van der Waals surface area contributed by atoms with E-state index in [9.17, 15) is 18.8 Å². The molecule has 5 nitrogen and oxygen atoms in total. The molecule has 1 aromatic rings. The number of nitrogens with zero attached hydrogens (tertiary/aromatic N) is 1. The average molecular weight is 285 g/mol. The summed E-state index contributed by atoms with van der Waals surface area (Å²) in [6.45, 7) is 1.17. The number of carbonyl (C=O) groups excluding carboxylic acids is 3. The molecule has 2 rings (SSSR count). The predicted molar refractivity (Wildman–Crippen MR) is 65.1 cm³/mol. The summed E-state index contributed by atoms with van der Waals surface area (Å²) in [5, 5.41) is 2.30. The normalized spacial score (nSPS) is 19.3. The number of piperazine rings is 1. The number of nitrogens with one attached hydrogen (secondary N) is 1. The van der Waals surface area contributed by atoms with E-state index < -0.39 is 29.6 Å². The van der Waals surface area contributed by atoms with Gasteiger partial charge in [0, 0.05) is 5.02 Å². The Bertz CT molecular complexity index is 576. The molecule has 1 saturated heterocycles. The van der Waals surface area contributed by atoms with E-state index >= 15 is 0 Å². The van der Waals surface area contributed by atoms with E-state index in [0.717, 1.165) is 11.0 Å². The summed E-state index contributed by atoms with van der Waals surface area (Å²) in [7, 11) is 0. The molecule has 0 radical (unpaired) electrons. The van der Waals surface area contributed by atoms with Crippen LogP contribution >= 0.6 is 11.6 Å². The maximum atomic E-state index is 13.6. The van der Waals surface area contributed by atoms with Gasteiger partial charge in [0.2, 0.25) is 11.8 Å². The van der Waals surface area contributed by atoms with Crippen molar-refractivity contribution in [3.63, 3.8) is 0 Å². The van der Waals surface area contributed by atoms with Crippen LogP contribution in [0.2, 0.25) is 5.02 Å². The van der Waals surface area contributed by atoms with E-state index in [-0.39, 0.29) is 17.1 Å². The first-order valence-corrected chi connectivity index (χ1v) is 5.87. The van der Waals surface area contributed by atoms with Gasteiger partial charge < -0.3 is 4.90 Å². The molecule has 100 valence electrons. The highest BCUT2D eigenvalue weighted by Crippen LogP contribution is 2.18. The van der Waals surface area contributed by atoms with E-state index in [2.05, 4.69) is 5.32 Å². The topological polar surface area (TPSA) is 66.5 Å². The highest BCUT2D eigenvalue weighted by atomic mass is 35.5. The number of carbonyl (C=O) groups is 3. The van der Waals surface area contributed by atoms with Gasteiger partial charge in [0.05, 0.1) is 5.56 Å². The van der Waals surface area contributed by atoms with Gasteiger partial charge in [0.15, 0.2) is 0 Å². The van der Waals surface area contributed by atoms with Gasteiger partial charge in [-0.05, 0) is 25.1 Å². The SMILES string of the molecule is CC1C(=O)NC(=O)CN1C(=O)c1cc(Cl)ccc1F. The Morgan fingerprint density at radius 1 is 1.47 bits per heavy atom. The third-order valence-corrected chi connectivity index (χ3v) is 3.08. The Labute approximate surface area is 113 Å². The van der Waals surface area contributed by atoms with Gasteiger partial charge >= 0.3 is 0 Å². The van der Waals surface area contributed by atoms with Crippen LogP contribution in [-0.4, -0.2) is 35.2 Å². The Morgan fingerprint density at radius 3 is 2.84 bits per heavy atom. The second-order valence-electron chi connectivity index (χ2n) is 4.15. The third-order valence-electron chi connectivity index (χ3n) is 2.84. The van der Waals surface area contributed by atoms with Gasteiger partial charge in [-0.25, -0.2) is 4.39 Å². The summed E-state index contributed by atoms with van der Waals surface area (Å²) < 4.78 is 13.6. The van der Waals surface area contributed by atoms with E-state index in [1.807, 2.05) is 0 Å². The lowest BCUT2D eigenvalue weighted by molar-refractivity contribution is -0.138. The minimum atomic E-state index is -0.844. The number of hydrogen-bond donors (Lipinski definition) is 1. The van der Waals surface area contributed by atoms with Crippen molar-refractivity contribution in [2.75, 3.05) is 6.54 Å². The Hall–Kier alpha value is -1.95. The van der Waals surface area contributed by atoms with Gasteiger partial charge in [-0.2, -0.15) is 0 Å². The molecule has 0 aromatic heterocycles. The minimum absolute atomic E-state index is 0.199. The Morgan fingerprint density at radius 2 is 2.16 bits per heavy atom. The second-order valence-corrected chi connectivity index (χ2v) is 4.58. The van der Waals surface area contributed by atoms with Crippen LogP contribution in [-0.2, 0) is 9.59 Å². The van der Waals surface area contributed by atoms with Gasteiger partial charge in [-0.15, -0.1) is 0 Å². The number of benzene rings is 1. The van der Waals surface area contributed by atoms with Gasteiger partial charge in [-0.1, -0.05) is 11.6 Å². The minimum Gasteiger partial charge on any atom is -0.317 e. The van der Waals surface area contributed by atoms with Crippen LogP contribution in [0.5, 0.6) is 0 Å². The van der Waals surface area contributed by atoms with Gasteiger partial charge in [0.1, 0.15) is 18.4 Å². The van der Waals surface area contributed by atoms with Crippen LogP contribution in [0.15, 0.2) is 18.2 Å². The summed E-state index contributed by atoms with van der Waals surface area (Å²) >= 11 is 5.71. The van der Waals surface area contributed by atoms with Crippen LogP contribution in [0, 0.1) is 5.82 Å². The fourth-order valence-corrected chi connectivity index (χ4v) is 1.95. The zero-order valence-corrected chi connectivity index (χ0v) is 10.7. The lowest BCUT2D eigenvalue weighted by Gasteiger charge is -2.31. The van der Waals surface area contributed by atoms with Crippen molar-refractivity contribution in [3.05, 3.63) is 34.6 Å². The summed E-state index contributed by atoms with van der Waals surface area (Å²) in [5.41, 5.74) is -0.262. The largest absolute Gasteiger partial charge is 0.317 e. The molecule has 1 aliphatic heterocycles. The molecule has 1 N–H and O–H groups in total. The van der Waals surface area contributed by atoms with Crippen molar-refractivity contribution in [1.29, 1.82) is 0 Å². The Balaban J connectivity index is 2.35. The molecule has 1 heterocycles. The monoisotopic (exact) mass is 284 g/mol. The van der Waals surface area contributed by atoms with Crippen LogP contribution < -0.4 is 5.32 Å². The molecule has 19 heavy (non-hydrogen) atoms. The first kappa shape index (κ1) is 13.5. The molecule has 1 fully saturated rings. The first-order chi connectivity index (χ1) is 8.90. The van der Waals surface area contributed by atoms with E-state index in [1.165, 1.54) is 19.1 Å². The first-order valence-electron chi connectivity index (χ1n) is 5.50. The fraction of sp³-hybridized carbons (Fsp3) is 0.250. The molecule has 0 spiro atoms. The van der Waals surface area contributed by atoms with E-state index in [4.69, 9.17) is 11.6 Å². The van der Waals surface area contributed by atoms with Crippen molar-refractivity contribution in [2.45, 2.75) is 13.0 Å². The molecule has 1 unspecified atom stereocenters. The highest BCUT2D eigenvalue weighted by molar-refractivity contribution is 6.31. The molecule has 0 aliphatic carbocycles. The van der Waals surface area contributed by atoms with Gasteiger partial charge in [0.25, 0.3) is 5.91 Å². The lowest BCUT2D eigenvalue weighted by atomic mass is 10.1. The highest BCUT2D eigenvalue weighted by Gasteiger charge is 2.34. The van der Waals surface area contributed by atoms with Crippen molar-refractivity contribution in [1.82, 2.24) is 10.2 Å². The molecular formula is C12H10ClFN2O3. The molecule has 7 heteroatoms. The molecule has 1 aliphatic rings. The number of imide groups is 1. The van der Waals surface area contributed by atoms with Crippen LogP contribution in [0.3, 0.4) is 0 Å². The molecule has 3 amide bonds. The molecule has 1 atom stereocenters. The molecule has 0 saturated carbocycles. The molecule has 1 aromatic carbocycles. The third kappa shape index (κ3) is 2.58. The number of amides is 3.